The van der Waals surface area contributed by atoms with Crippen molar-refractivity contribution in [2.24, 2.45) is 0 Å². The van der Waals surface area contributed by atoms with E-state index in [-0.39, 0.29) is 54.4 Å². The molecule has 41 heavy (non-hydrogen) atoms. The summed E-state index contributed by atoms with van der Waals surface area (Å²) in [5.74, 6) is -0.711. The third-order valence-electron chi connectivity index (χ3n) is 7.73. The number of thiophene rings is 1. The van der Waals surface area contributed by atoms with Crippen LogP contribution in [0.3, 0.4) is 0 Å². The van der Waals surface area contributed by atoms with Gasteiger partial charge in [-0.15, -0.1) is 17.9 Å². The van der Waals surface area contributed by atoms with Gasteiger partial charge < -0.3 is 20.7 Å². The quantitative estimate of drug-likeness (QED) is 0.276. The Bertz CT molecular complexity index is 1700. The first kappa shape index (κ1) is 27.6. The van der Waals surface area contributed by atoms with Crippen molar-refractivity contribution in [3.63, 3.8) is 0 Å². The van der Waals surface area contributed by atoms with Gasteiger partial charge in [-0.1, -0.05) is 23.7 Å². The van der Waals surface area contributed by atoms with Crippen molar-refractivity contribution >= 4 is 54.7 Å². The number of piperazine rings is 1. The lowest BCUT2D eigenvalue weighted by atomic mass is 9.97. The predicted molar refractivity (Wildman–Crippen MR) is 160 cm³/mol. The summed E-state index contributed by atoms with van der Waals surface area (Å²) >= 11 is 7.70. The number of nitrogen functional groups attached to an aromatic ring is 1. The first-order valence-electron chi connectivity index (χ1n) is 13.4. The Balaban J connectivity index is 1.51. The van der Waals surface area contributed by atoms with E-state index in [1.165, 1.54) is 12.1 Å². The second kappa shape index (κ2) is 11.4. The van der Waals surface area contributed by atoms with E-state index in [1.807, 2.05) is 12.1 Å². The lowest BCUT2D eigenvalue weighted by Gasteiger charge is -2.30. The van der Waals surface area contributed by atoms with E-state index >= 15 is 4.39 Å². The maximum atomic E-state index is 16.6. The Labute approximate surface area is 245 Å². The van der Waals surface area contributed by atoms with Gasteiger partial charge in [0.1, 0.15) is 34.8 Å². The van der Waals surface area contributed by atoms with Crippen LogP contribution in [0.15, 0.2) is 30.9 Å². The molecule has 212 valence electrons. The molecule has 12 heteroatoms. The van der Waals surface area contributed by atoms with Crippen LogP contribution in [0.1, 0.15) is 18.4 Å². The molecule has 2 fully saturated rings. The lowest BCUT2D eigenvalue weighted by molar-refractivity contribution is 0.176. The number of aromatic nitrogens is 2. The molecule has 2 aliphatic rings. The highest BCUT2D eigenvalue weighted by atomic mass is 35.5. The van der Waals surface area contributed by atoms with Crippen molar-refractivity contribution in [2.75, 3.05) is 56.5 Å². The number of nitriles is 1. The van der Waals surface area contributed by atoms with Crippen LogP contribution in [0, 0.1) is 23.0 Å². The van der Waals surface area contributed by atoms with Crippen LogP contribution in [-0.4, -0.2) is 66.8 Å². The SMILES string of the molecule is C=CCN1CCC[C@H]1COc1nc(N2CCNCC2)c2cc(Cl)c(-c3ccc(F)c4sc(N)c(C#N)c34)c(F)c2n1. The number of likely N-dealkylation sites (tertiary alicyclic amines) is 1. The number of nitrogens with one attached hydrogen (secondary N) is 1. The molecule has 2 aromatic heterocycles. The largest absolute Gasteiger partial charge is 0.462 e. The van der Waals surface area contributed by atoms with E-state index in [4.69, 9.17) is 27.1 Å². The van der Waals surface area contributed by atoms with Crippen molar-refractivity contribution < 1.29 is 13.5 Å². The molecule has 2 aliphatic heterocycles. The standard InChI is InChI=1S/C29H28ClF2N7OS/c1-2-9-38-10-3-4-16(38)15-40-29-36-25-18(28(37-29)39-11-7-35-8-12-39)13-20(30)23(24(25)32)17-5-6-21(31)26-22(17)19(14-33)27(34)41-26/h2,5-6,13,16,35H,1,3-4,7-12,15,34H2/t16-/m0/s1. The van der Waals surface area contributed by atoms with Gasteiger partial charge in [0.2, 0.25) is 0 Å². The van der Waals surface area contributed by atoms with Gasteiger partial charge in [-0.2, -0.15) is 15.2 Å². The maximum absolute atomic E-state index is 16.6. The topological polar surface area (TPSA) is 103 Å². The minimum Gasteiger partial charge on any atom is -0.462 e. The number of rotatable bonds is 7. The summed E-state index contributed by atoms with van der Waals surface area (Å²) < 4.78 is 37.6. The number of anilines is 2. The molecule has 8 nitrogen and oxygen atoms in total. The number of nitrogens with zero attached hydrogens (tertiary/aromatic N) is 5. The second-order valence-corrected chi connectivity index (χ2v) is 11.6. The van der Waals surface area contributed by atoms with E-state index in [2.05, 4.69) is 26.7 Å². The highest BCUT2D eigenvalue weighted by Crippen LogP contribution is 2.45. The molecule has 6 rings (SSSR count). The zero-order valence-electron chi connectivity index (χ0n) is 22.2. The Hall–Kier alpha value is -3.56. The fourth-order valence-corrected chi connectivity index (χ4v) is 7.00. The molecule has 2 saturated heterocycles. The number of nitrogens with two attached hydrogens (primary N) is 1. The number of hydrogen-bond acceptors (Lipinski definition) is 9. The van der Waals surface area contributed by atoms with Crippen LogP contribution >= 0.6 is 22.9 Å². The number of fused-ring (bicyclic) bond motifs is 2. The summed E-state index contributed by atoms with van der Waals surface area (Å²) in [7, 11) is 0. The van der Waals surface area contributed by atoms with E-state index in [9.17, 15) is 9.65 Å². The summed E-state index contributed by atoms with van der Waals surface area (Å²) in [4.78, 5) is 13.6. The van der Waals surface area contributed by atoms with Crippen LogP contribution in [-0.2, 0) is 0 Å². The van der Waals surface area contributed by atoms with Crippen LogP contribution in [0.2, 0.25) is 5.02 Å². The van der Waals surface area contributed by atoms with Crippen molar-refractivity contribution in [1.82, 2.24) is 20.2 Å². The molecule has 0 unspecified atom stereocenters. The van der Waals surface area contributed by atoms with Gasteiger partial charge in [0.05, 0.1) is 15.3 Å². The number of benzene rings is 2. The highest BCUT2D eigenvalue weighted by molar-refractivity contribution is 7.23. The first-order chi connectivity index (χ1) is 19.9. The van der Waals surface area contributed by atoms with Crippen molar-refractivity contribution in [3.05, 3.63) is 53.1 Å². The van der Waals surface area contributed by atoms with Crippen molar-refractivity contribution in [1.29, 1.82) is 5.26 Å². The fourth-order valence-electron chi connectivity index (χ4n) is 5.76. The van der Waals surface area contributed by atoms with Gasteiger partial charge >= 0.3 is 6.01 Å². The van der Waals surface area contributed by atoms with Gasteiger partial charge in [0.25, 0.3) is 0 Å². The van der Waals surface area contributed by atoms with E-state index < -0.39 is 11.6 Å². The van der Waals surface area contributed by atoms with Crippen molar-refractivity contribution in [2.45, 2.75) is 18.9 Å². The average Bonchev–Trinajstić information content (AvgIpc) is 3.57. The Morgan fingerprint density at radius 2 is 2.07 bits per heavy atom. The summed E-state index contributed by atoms with van der Waals surface area (Å²) in [6, 6.07) is 6.58. The summed E-state index contributed by atoms with van der Waals surface area (Å²) in [5.41, 5.74) is 6.44. The van der Waals surface area contributed by atoms with Crippen LogP contribution in [0.25, 0.3) is 32.1 Å². The summed E-state index contributed by atoms with van der Waals surface area (Å²) in [6.45, 7) is 8.77. The van der Waals surface area contributed by atoms with Gasteiger partial charge in [0, 0.05) is 55.1 Å². The van der Waals surface area contributed by atoms with Crippen LogP contribution in [0.5, 0.6) is 6.01 Å². The zero-order chi connectivity index (χ0) is 28.7. The molecule has 3 N–H and O–H groups in total. The molecule has 1 atom stereocenters. The summed E-state index contributed by atoms with van der Waals surface area (Å²) in [6.07, 6.45) is 3.91. The molecule has 4 aromatic rings. The normalized spacial score (nSPS) is 17.8. The van der Waals surface area contributed by atoms with E-state index in [0.717, 1.165) is 50.4 Å². The fraction of sp³-hybridized carbons (Fsp3) is 0.345. The van der Waals surface area contributed by atoms with Gasteiger partial charge in [-0.05, 0) is 37.1 Å². The van der Waals surface area contributed by atoms with E-state index in [0.29, 0.717) is 30.9 Å². The monoisotopic (exact) mass is 595 g/mol. The molecule has 0 spiro atoms. The Kier molecular flexibility index (Phi) is 7.66. The van der Waals surface area contributed by atoms with Gasteiger partial charge in [-0.3, -0.25) is 4.90 Å². The van der Waals surface area contributed by atoms with Crippen LogP contribution < -0.4 is 20.7 Å². The minimum atomic E-state index is -0.702. The molecule has 4 heterocycles. The Morgan fingerprint density at radius 1 is 1.27 bits per heavy atom. The third kappa shape index (κ3) is 4.95. The highest BCUT2D eigenvalue weighted by Gasteiger charge is 2.28. The molecule has 0 aliphatic carbocycles. The summed E-state index contributed by atoms with van der Waals surface area (Å²) in [5, 5.41) is 14.0. The number of ether oxygens (including phenoxy) is 1. The smallest absolute Gasteiger partial charge is 0.319 e. The predicted octanol–water partition coefficient (Wildman–Crippen LogP) is 5.34. The van der Waals surface area contributed by atoms with E-state index in [1.54, 1.807) is 6.07 Å². The van der Waals surface area contributed by atoms with Gasteiger partial charge in [-0.25, -0.2) is 8.78 Å². The number of halogens is 3. The molecule has 0 amide bonds. The molecule has 0 saturated carbocycles. The molecule has 0 bridgehead atoms. The van der Waals surface area contributed by atoms with Gasteiger partial charge in [0.15, 0.2) is 5.82 Å². The molecule has 0 radical (unpaired) electrons. The number of hydrogen-bond donors (Lipinski definition) is 2. The third-order valence-corrected chi connectivity index (χ3v) is 9.05. The van der Waals surface area contributed by atoms with Crippen LogP contribution in [0.4, 0.5) is 19.6 Å². The second-order valence-electron chi connectivity index (χ2n) is 10.2. The molecular weight excluding hydrogens is 568 g/mol. The van der Waals surface area contributed by atoms with Crippen molar-refractivity contribution in [3.8, 4) is 23.2 Å². The minimum absolute atomic E-state index is 0.0160. The zero-order valence-corrected chi connectivity index (χ0v) is 23.8. The first-order valence-corrected chi connectivity index (χ1v) is 14.6. The molecular formula is C29H28ClF2N7OS. The Morgan fingerprint density at radius 3 is 2.83 bits per heavy atom. The average molecular weight is 596 g/mol. The molecule has 2 aromatic carbocycles. The maximum Gasteiger partial charge on any atom is 0.319 e. The lowest BCUT2D eigenvalue weighted by Crippen LogP contribution is -2.44.